The number of halogens is 2. The van der Waals surface area contributed by atoms with E-state index in [-0.39, 0.29) is 30.4 Å². The molecule has 3 heteroatoms. The molecule has 0 aromatic carbocycles. The van der Waals surface area contributed by atoms with E-state index in [0.29, 0.717) is 0 Å². The quantitative estimate of drug-likeness (QED) is 0.177. The van der Waals surface area contributed by atoms with Crippen LogP contribution in [0.25, 0.3) is 0 Å². The fourth-order valence-electron chi connectivity index (χ4n) is 4.15. The van der Waals surface area contributed by atoms with Crippen molar-refractivity contribution in [3.05, 3.63) is 0 Å². The van der Waals surface area contributed by atoms with E-state index in [9.17, 15) is 0 Å². The van der Waals surface area contributed by atoms with Crippen molar-refractivity contribution in [1.29, 1.82) is 0 Å². The maximum Gasteiger partial charge on any atom is 0.0154 e. The van der Waals surface area contributed by atoms with E-state index in [1.165, 1.54) is 135 Å². The minimum absolute atomic E-state index is 0. The Morgan fingerprint density at radius 2 is 0.607 bits per heavy atom. The summed E-state index contributed by atoms with van der Waals surface area (Å²) in [6.45, 7) is 6.89. The summed E-state index contributed by atoms with van der Waals surface area (Å²) in [4.78, 5) is 0. The van der Waals surface area contributed by atoms with E-state index in [4.69, 9.17) is 5.73 Å². The van der Waals surface area contributed by atoms with Gasteiger partial charge < -0.3 is 5.73 Å². The Kier molecular flexibility index (Phi) is 30.3. The van der Waals surface area contributed by atoms with Crippen LogP contribution in [0.15, 0.2) is 0 Å². The third kappa shape index (κ3) is 22.8. The van der Waals surface area contributed by atoms with Gasteiger partial charge in [-0.3, -0.25) is 0 Å². The summed E-state index contributed by atoms with van der Waals surface area (Å²) in [6.07, 6.45) is 28.8. The van der Waals surface area contributed by atoms with Crippen LogP contribution >= 0.6 is 24.8 Å². The van der Waals surface area contributed by atoms with E-state index >= 15 is 0 Å². The molecule has 2 N–H and O–H groups in total. The molecular formula is C25H55Cl2N. The van der Waals surface area contributed by atoms with Gasteiger partial charge in [0.15, 0.2) is 0 Å². The average Bonchev–Trinajstić information content (AvgIpc) is 2.64. The lowest BCUT2D eigenvalue weighted by molar-refractivity contribution is 0.302. The van der Waals surface area contributed by atoms with Crippen LogP contribution in [-0.2, 0) is 0 Å². The maximum atomic E-state index is 6.92. The highest BCUT2D eigenvalue weighted by molar-refractivity contribution is 5.85. The highest BCUT2D eigenvalue weighted by Crippen LogP contribution is 2.27. The normalized spacial score (nSPS) is 11.1. The summed E-state index contributed by atoms with van der Waals surface area (Å²) in [7, 11) is 0. The van der Waals surface area contributed by atoms with Crippen molar-refractivity contribution >= 4 is 24.8 Å². The Balaban J connectivity index is -0.00000312. The number of unbranched alkanes of at least 4 members (excludes halogenated alkanes) is 15. The second-order valence-corrected chi connectivity index (χ2v) is 8.92. The molecule has 28 heavy (non-hydrogen) atoms. The largest absolute Gasteiger partial charge is 0.325 e. The summed E-state index contributed by atoms with van der Waals surface area (Å²) < 4.78 is 0. The summed E-state index contributed by atoms with van der Waals surface area (Å²) in [5, 5.41) is 0. The van der Waals surface area contributed by atoms with Crippen molar-refractivity contribution in [3.8, 4) is 0 Å². The van der Waals surface area contributed by atoms with Gasteiger partial charge in [-0.05, 0) is 19.3 Å². The Hall–Kier alpha value is 0.540. The lowest BCUT2D eigenvalue weighted by atomic mass is 9.82. The minimum atomic E-state index is 0. The monoisotopic (exact) mass is 439 g/mol. The molecule has 0 aliphatic rings. The van der Waals surface area contributed by atoms with Crippen LogP contribution in [0.4, 0.5) is 0 Å². The summed E-state index contributed by atoms with van der Waals surface area (Å²) in [6, 6.07) is 0. The molecule has 0 rings (SSSR count). The number of rotatable bonds is 21. The van der Waals surface area contributed by atoms with E-state index in [1.54, 1.807) is 0 Å². The highest BCUT2D eigenvalue weighted by atomic mass is 35.5. The van der Waals surface area contributed by atoms with Gasteiger partial charge in [0.25, 0.3) is 0 Å². The summed E-state index contributed by atoms with van der Waals surface area (Å²) >= 11 is 0. The molecule has 0 radical (unpaired) electrons. The van der Waals surface area contributed by atoms with Crippen molar-refractivity contribution in [2.75, 3.05) is 0 Å². The molecule has 0 aromatic rings. The predicted molar refractivity (Wildman–Crippen MR) is 135 cm³/mol. The van der Waals surface area contributed by atoms with Gasteiger partial charge in [0.2, 0.25) is 0 Å². The van der Waals surface area contributed by atoms with Gasteiger partial charge in [-0.1, -0.05) is 136 Å². The zero-order chi connectivity index (χ0) is 19.3. The predicted octanol–water partition coefficient (Wildman–Crippen LogP) is 9.78. The smallest absolute Gasteiger partial charge is 0.0154 e. The lowest BCUT2D eigenvalue weighted by Gasteiger charge is -2.30. The van der Waals surface area contributed by atoms with Gasteiger partial charge in [0.05, 0.1) is 0 Å². The first-order valence-electron chi connectivity index (χ1n) is 12.5. The average molecular weight is 441 g/mol. The molecule has 0 amide bonds. The molecule has 1 nitrogen and oxygen atoms in total. The first kappa shape index (κ1) is 33.2. The van der Waals surface area contributed by atoms with E-state index < -0.39 is 0 Å². The molecule has 174 valence electrons. The van der Waals surface area contributed by atoms with Crippen molar-refractivity contribution in [1.82, 2.24) is 0 Å². The molecule has 0 aliphatic heterocycles. The molecule has 0 heterocycles. The molecule has 0 atom stereocenters. The number of hydrogen-bond donors (Lipinski definition) is 1. The Bertz CT molecular complexity index is 230. The molecule has 0 fully saturated rings. The molecule has 0 aliphatic carbocycles. The van der Waals surface area contributed by atoms with Crippen LogP contribution in [0.2, 0.25) is 0 Å². The lowest BCUT2D eigenvalue weighted by Crippen LogP contribution is -2.39. The van der Waals surface area contributed by atoms with Crippen LogP contribution in [0.3, 0.4) is 0 Å². The molecule has 0 saturated carbocycles. The fourth-order valence-corrected chi connectivity index (χ4v) is 4.15. The first-order chi connectivity index (χ1) is 12.7. The van der Waals surface area contributed by atoms with Crippen LogP contribution in [0.5, 0.6) is 0 Å². The Labute approximate surface area is 191 Å². The van der Waals surface area contributed by atoms with E-state index in [1.807, 2.05) is 0 Å². The molecule has 0 saturated heterocycles. The van der Waals surface area contributed by atoms with Gasteiger partial charge in [-0.25, -0.2) is 0 Å². The van der Waals surface area contributed by atoms with Crippen molar-refractivity contribution in [2.45, 2.75) is 161 Å². The van der Waals surface area contributed by atoms with Gasteiger partial charge in [-0.15, -0.1) is 24.8 Å². The maximum absolute atomic E-state index is 6.92. The van der Waals surface area contributed by atoms with Gasteiger partial charge in [0, 0.05) is 5.54 Å². The summed E-state index contributed by atoms with van der Waals surface area (Å²) in [5.74, 6) is 0. The molecule has 0 unspecified atom stereocenters. The fraction of sp³-hybridized carbons (Fsp3) is 1.00. The zero-order valence-corrected chi connectivity index (χ0v) is 21.4. The second-order valence-electron chi connectivity index (χ2n) is 8.92. The third-order valence-corrected chi connectivity index (χ3v) is 6.08. The Morgan fingerprint density at radius 1 is 0.393 bits per heavy atom. The molecular weight excluding hydrogens is 385 g/mol. The zero-order valence-electron chi connectivity index (χ0n) is 19.7. The SMILES string of the molecule is CCCCCCCCC(N)(CCCCCCCC)CCCCCCCC.Cl.Cl. The van der Waals surface area contributed by atoms with Crippen LogP contribution in [-0.4, -0.2) is 5.54 Å². The minimum Gasteiger partial charge on any atom is -0.325 e. The van der Waals surface area contributed by atoms with E-state index in [0.717, 1.165) is 0 Å². The van der Waals surface area contributed by atoms with Gasteiger partial charge in [0.1, 0.15) is 0 Å². The number of hydrogen-bond acceptors (Lipinski definition) is 1. The second kappa shape index (κ2) is 25.6. The van der Waals surface area contributed by atoms with Crippen molar-refractivity contribution in [3.63, 3.8) is 0 Å². The molecule has 0 aromatic heterocycles. The van der Waals surface area contributed by atoms with Gasteiger partial charge in [-0.2, -0.15) is 0 Å². The van der Waals surface area contributed by atoms with Crippen molar-refractivity contribution < 1.29 is 0 Å². The van der Waals surface area contributed by atoms with Gasteiger partial charge >= 0.3 is 0 Å². The summed E-state index contributed by atoms with van der Waals surface area (Å²) in [5.41, 5.74) is 7.06. The highest BCUT2D eigenvalue weighted by Gasteiger charge is 2.23. The van der Waals surface area contributed by atoms with Crippen LogP contribution in [0, 0.1) is 0 Å². The number of nitrogens with two attached hydrogens (primary N) is 1. The van der Waals surface area contributed by atoms with Crippen LogP contribution in [0.1, 0.15) is 156 Å². The Morgan fingerprint density at radius 3 is 0.857 bits per heavy atom. The van der Waals surface area contributed by atoms with Crippen LogP contribution < -0.4 is 5.73 Å². The van der Waals surface area contributed by atoms with Crippen molar-refractivity contribution in [2.24, 2.45) is 5.73 Å². The van der Waals surface area contributed by atoms with E-state index in [2.05, 4.69) is 20.8 Å². The standard InChI is InChI=1S/C25H53N.2ClH/c1-4-7-10-13-16-19-22-25(26,23-20-17-14-11-8-5-2)24-21-18-15-12-9-6-3;;/h4-24,26H2,1-3H3;2*1H. The topological polar surface area (TPSA) is 26.0 Å². The third-order valence-electron chi connectivity index (χ3n) is 6.08. The molecule has 0 spiro atoms. The molecule has 0 bridgehead atoms. The first-order valence-corrected chi connectivity index (χ1v) is 12.5.